The number of likely N-dealkylation sites (tertiary alicyclic amines) is 1. The van der Waals surface area contributed by atoms with Crippen LogP contribution in [0.25, 0.3) is 0 Å². The van der Waals surface area contributed by atoms with Crippen LogP contribution in [0.3, 0.4) is 0 Å². The highest BCUT2D eigenvalue weighted by molar-refractivity contribution is 7.89. The number of rotatable bonds is 6. The smallest absolute Gasteiger partial charge is 0.244 e. The summed E-state index contributed by atoms with van der Waals surface area (Å²) in [6.45, 7) is 7.80. The summed E-state index contributed by atoms with van der Waals surface area (Å²) < 4.78 is 33.7. The molecule has 2 aromatic rings. The minimum atomic E-state index is -3.58. The fourth-order valence-corrected chi connectivity index (χ4v) is 6.72. The van der Waals surface area contributed by atoms with Crippen molar-refractivity contribution >= 4 is 15.8 Å². The van der Waals surface area contributed by atoms with Gasteiger partial charge in [0.1, 0.15) is 16.5 Å². The molecule has 0 aliphatic carbocycles. The minimum Gasteiger partial charge on any atom is -0.494 e. The summed E-state index contributed by atoms with van der Waals surface area (Å²) in [4.78, 5) is 9.75. The first-order valence-electron chi connectivity index (χ1n) is 12.2. The van der Waals surface area contributed by atoms with Gasteiger partial charge in [0.2, 0.25) is 10.0 Å². The van der Waals surface area contributed by atoms with Crippen molar-refractivity contribution in [1.29, 1.82) is 0 Å². The first-order chi connectivity index (χ1) is 16.0. The molecule has 178 valence electrons. The van der Waals surface area contributed by atoms with Crippen LogP contribution in [0.2, 0.25) is 0 Å². The van der Waals surface area contributed by atoms with Crippen LogP contribution in [-0.2, 0) is 23.0 Å². The van der Waals surface area contributed by atoms with Crippen LogP contribution in [0.1, 0.15) is 43.7 Å². The average Bonchev–Trinajstić information content (AvgIpc) is 3.35. The zero-order chi connectivity index (χ0) is 22.8. The Bertz CT molecular complexity index is 1070. The molecule has 0 spiro atoms. The number of ether oxygens (including phenoxy) is 1. The number of sulfonamides is 1. The lowest BCUT2D eigenvalue weighted by Crippen LogP contribution is -2.41. The van der Waals surface area contributed by atoms with Crippen LogP contribution in [0.15, 0.2) is 41.4 Å². The third-order valence-corrected chi connectivity index (χ3v) is 9.05. The van der Waals surface area contributed by atoms with Crippen LogP contribution in [0, 0.1) is 0 Å². The second kappa shape index (κ2) is 9.60. The third-order valence-electron chi connectivity index (χ3n) is 7.22. The molecule has 0 bridgehead atoms. The number of hydrogen-bond donors (Lipinski definition) is 0. The van der Waals surface area contributed by atoms with Crippen molar-refractivity contribution in [2.45, 2.75) is 56.5 Å². The molecule has 8 heteroatoms. The Morgan fingerprint density at radius 3 is 2.64 bits per heavy atom. The molecule has 0 amide bonds. The SMILES string of the molecule is CCOc1ccc2c(c1)CCN(S(=O)(=O)c1ccc(N3CCC(N4CCCCC4)C3)nc1)C2. The Labute approximate surface area is 197 Å². The van der Waals surface area contributed by atoms with E-state index in [0.29, 0.717) is 32.2 Å². The van der Waals surface area contributed by atoms with Gasteiger partial charge in [0.15, 0.2) is 0 Å². The summed E-state index contributed by atoms with van der Waals surface area (Å²) in [6, 6.07) is 10.1. The van der Waals surface area contributed by atoms with Crippen LogP contribution < -0.4 is 9.64 Å². The standard InChI is InChI=1S/C25H34N4O3S/c1-2-32-23-7-6-21-18-29(15-10-20(21)16-23)33(30,31)24-8-9-25(26-17-24)28-14-11-22(19-28)27-12-4-3-5-13-27/h6-9,16-17,22H,2-5,10-15,18-19H2,1H3. The topological polar surface area (TPSA) is 66.0 Å². The molecule has 3 aliphatic heterocycles. The van der Waals surface area contributed by atoms with Gasteiger partial charge in [0.25, 0.3) is 0 Å². The maximum Gasteiger partial charge on any atom is 0.244 e. The van der Waals surface area contributed by atoms with Crippen molar-refractivity contribution in [3.05, 3.63) is 47.7 Å². The predicted molar refractivity (Wildman–Crippen MR) is 129 cm³/mol. The zero-order valence-electron chi connectivity index (χ0n) is 19.4. The molecule has 0 saturated carbocycles. The Kier molecular flexibility index (Phi) is 6.58. The Hall–Kier alpha value is -2.16. The fourth-order valence-electron chi connectivity index (χ4n) is 5.36. The van der Waals surface area contributed by atoms with E-state index < -0.39 is 10.0 Å². The highest BCUT2D eigenvalue weighted by atomic mass is 32.2. The third kappa shape index (κ3) is 4.74. The van der Waals surface area contributed by atoms with Crippen molar-refractivity contribution < 1.29 is 13.2 Å². The Balaban J connectivity index is 1.25. The molecule has 33 heavy (non-hydrogen) atoms. The monoisotopic (exact) mass is 470 g/mol. The van der Waals surface area contributed by atoms with Crippen LogP contribution in [0.4, 0.5) is 5.82 Å². The second-order valence-electron chi connectivity index (χ2n) is 9.29. The molecule has 0 N–H and O–H groups in total. The molecule has 1 atom stereocenters. The zero-order valence-corrected chi connectivity index (χ0v) is 20.3. The van der Waals surface area contributed by atoms with E-state index in [9.17, 15) is 8.42 Å². The largest absolute Gasteiger partial charge is 0.494 e. The summed E-state index contributed by atoms with van der Waals surface area (Å²) in [5.41, 5.74) is 2.21. The van der Waals surface area contributed by atoms with Gasteiger partial charge in [0, 0.05) is 38.4 Å². The molecule has 2 fully saturated rings. The molecule has 7 nitrogen and oxygen atoms in total. The molecule has 1 unspecified atom stereocenters. The van der Waals surface area contributed by atoms with Crippen LogP contribution >= 0.6 is 0 Å². The normalized spacial score (nSPS) is 22.3. The maximum atomic E-state index is 13.3. The number of benzene rings is 1. The number of fused-ring (bicyclic) bond motifs is 1. The van der Waals surface area contributed by atoms with Gasteiger partial charge in [-0.1, -0.05) is 12.5 Å². The summed E-state index contributed by atoms with van der Waals surface area (Å²) in [5, 5.41) is 0. The van der Waals surface area contributed by atoms with E-state index in [0.717, 1.165) is 42.2 Å². The molecule has 3 aliphatic rings. The molecule has 4 heterocycles. The summed E-state index contributed by atoms with van der Waals surface area (Å²) >= 11 is 0. The van der Waals surface area contributed by atoms with Crippen molar-refractivity contribution in [3.63, 3.8) is 0 Å². The fraction of sp³-hybridized carbons (Fsp3) is 0.560. The molecule has 1 aromatic heterocycles. The van der Waals surface area contributed by atoms with E-state index in [2.05, 4.69) is 14.8 Å². The van der Waals surface area contributed by atoms with Crippen molar-refractivity contribution in [2.75, 3.05) is 44.2 Å². The number of anilines is 1. The van der Waals surface area contributed by atoms with E-state index >= 15 is 0 Å². The molecule has 2 saturated heterocycles. The Morgan fingerprint density at radius 1 is 1.03 bits per heavy atom. The lowest BCUT2D eigenvalue weighted by atomic mass is 10.0. The van der Waals surface area contributed by atoms with Crippen molar-refractivity contribution in [1.82, 2.24) is 14.2 Å². The van der Waals surface area contributed by atoms with Crippen molar-refractivity contribution in [3.8, 4) is 5.75 Å². The summed E-state index contributed by atoms with van der Waals surface area (Å²) in [7, 11) is -3.58. The second-order valence-corrected chi connectivity index (χ2v) is 11.2. The highest BCUT2D eigenvalue weighted by Gasteiger charge is 2.31. The first kappa shape index (κ1) is 22.6. The van der Waals surface area contributed by atoms with Gasteiger partial charge in [-0.3, -0.25) is 4.90 Å². The van der Waals surface area contributed by atoms with E-state index in [-0.39, 0.29) is 4.90 Å². The average molecular weight is 471 g/mol. The lowest BCUT2D eigenvalue weighted by molar-refractivity contribution is 0.175. The lowest BCUT2D eigenvalue weighted by Gasteiger charge is -2.32. The van der Waals surface area contributed by atoms with Gasteiger partial charge in [-0.2, -0.15) is 4.31 Å². The van der Waals surface area contributed by atoms with Crippen LogP contribution in [0.5, 0.6) is 5.75 Å². The van der Waals surface area contributed by atoms with E-state index in [1.54, 1.807) is 10.4 Å². The van der Waals surface area contributed by atoms with E-state index in [1.807, 2.05) is 31.2 Å². The predicted octanol–water partition coefficient (Wildman–Crippen LogP) is 3.29. The van der Waals surface area contributed by atoms with Gasteiger partial charge in [-0.25, -0.2) is 13.4 Å². The molecule has 1 aromatic carbocycles. The molecule has 0 radical (unpaired) electrons. The summed E-state index contributed by atoms with van der Waals surface area (Å²) in [5.74, 6) is 1.72. The maximum absolute atomic E-state index is 13.3. The number of hydrogen-bond acceptors (Lipinski definition) is 6. The van der Waals surface area contributed by atoms with E-state index in [1.165, 1.54) is 38.5 Å². The van der Waals surface area contributed by atoms with Gasteiger partial charge < -0.3 is 9.64 Å². The number of piperidine rings is 1. The number of aromatic nitrogens is 1. The van der Waals surface area contributed by atoms with Gasteiger partial charge in [-0.15, -0.1) is 0 Å². The van der Waals surface area contributed by atoms with E-state index in [4.69, 9.17) is 4.74 Å². The number of pyridine rings is 1. The van der Waals surface area contributed by atoms with Crippen molar-refractivity contribution in [2.24, 2.45) is 0 Å². The number of nitrogens with zero attached hydrogens (tertiary/aromatic N) is 4. The summed E-state index contributed by atoms with van der Waals surface area (Å²) in [6.07, 6.45) is 7.33. The molecule has 5 rings (SSSR count). The molecular formula is C25H34N4O3S. The Morgan fingerprint density at radius 2 is 1.88 bits per heavy atom. The highest BCUT2D eigenvalue weighted by Crippen LogP contribution is 2.29. The van der Waals surface area contributed by atoms with Gasteiger partial charge >= 0.3 is 0 Å². The van der Waals surface area contributed by atoms with Gasteiger partial charge in [-0.05, 0) is 81.1 Å². The molecular weight excluding hydrogens is 436 g/mol. The first-order valence-corrected chi connectivity index (χ1v) is 13.7. The minimum absolute atomic E-state index is 0.271. The van der Waals surface area contributed by atoms with Crippen LogP contribution in [-0.4, -0.2) is 68.0 Å². The van der Waals surface area contributed by atoms with Gasteiger partial charge in [0.05, 0.1) is 6.61 Å². The quantitative estimate of drug-likeness (QED) is 0.646.